The number of carboxylic acid groups (broad SMARTS) is 1. The normalized spacial score (nSPS) is 10.7. The fourth-order valence-corrected chi connectivity index (χ4v) is 2.93. The van der Waals surface area contributed by atoms with Crippen molar-refractivity contribution >= 4 is 33.2 Å². The fraction of sp³-hybridized carbons (Fsp3) is 0.273. The highest BCUT2D eigenvalue weighted by Crippen LogP contribution is 2.32. The van der Waals surface area contributed by atoms with Gasteiger partial charge in [-0.3, -0.25) is 4.68 Å². The summed E-state index contributed by atoms with van der Waals surface area (Å²) in [5.41, 5.74) is 0.800. The lowest BCUT2D eigenvalue weighted by atomic mass is 10.2. The number of hydrogen-bond donors (Lipinski definition) is 1. The molecule has 0 radical (unpaired) electrons. The summed E-state index contributed by atoms with van der Waals surface area (Å²) < 4.78 is 2.65. The van der Waals surface area contributed by atoms with Crippen LogP contribution < -0.4 is 0 Å². The number of carboxylic acids is 1. The van der Waals surface area contributed by atoms with Crippen LogP contribution in [-0.4, -0.2) is 20.9 Å². The van der Waals surface area contributed by atoms with E-state index in [-0.39, 0.29) is 5.56 Å². The van der Waals surface area contributed by atoms with Gasteiger partial charge in [0.2, 0.25) is 0 Å². The third-order valence-electron chi connectivity index (χ3n) is 2.25. The standard InChI is InChI=1S/C11H11BrN2O2S/c1-2-5-14-6-7(11(15)16)10(13-14)8-3-4-9(12)17-8/h3-4,6H,2,5H2,1H3,(H,15,16). The highest BCUT2D eigenvalue weighted by Gasteiger charge is 2.18. The summed E-state index contributed by atoms with van der Waals surface area (Å²) in [6.07, 6.45) is 2.52. The lowest BCUT2D eigenvalue weighted by molar-refractivity contribution is 0.0697. The highest BCUT2D eigenvalue weighted by molar-refractivity contribution is 9.11. The number of hydrogen-bond acceptors (Lipinski definition) is 3. The average molecular weight is 315 g/mol. The van der Waals surface area contributed by atoms with Crippen molar-refractivity contribution < 1.29 is 9.90 Å². The van der Waals surface area contributed by atoms with Gasteiger partial charge in [0, 0.05) is 12.7 Å². The molecular weight excluding hydrogens is 304 g/mol. The topological polar surface area (TPSA) is 55.1 Å². The quantitative estimate of drug-likeness (QED) is 0.940. The van der Waals surface area contributed by atoms with Crippen LogP contribution in [0.15, 0.2) is 22.1 Å². The van der Waals surface area contributed by atoms with Crippen LogP contribution in [-0.2, 0) is 6.54 Å². The molecule has 6 heteroatoms. The van der Waals surface area contributed by atoms with Crippen LogP contribution in [0.25, 0.3) is 10.6 Å². The van der Waals surface area contributed by atoms with Crippen molar-refractivity contribution in [3.63, 3.8) is 0 Å². The van der Waals surface area contributed by atoms with Gasteiger partial charge in [-0.05, 0) is 34.5 Å². The van der Waals surface area contributed by atoms with E-state index in [0.717, 1.165) is 21.6 Å². The molecule has 0 aliphatic carbocycles. The predicted molar refractivity (Wildman–Crippen MR) is 70.5 cm³/mol. The van der Waals surface area contributed by atoms with Crippen LogP contribution in [0.2, 0.25) is 0 Å². The Balaban J connectivity index is 2.47. The van der Waals surface area contributed by atoms with Crippen molar-refractivity contribution in [2.45, 2.75) is 19.9 Å². The number of carbonyl (C=O) groups is 1. The van der Waals surface area contributed by atoms with Gasteiger partial charge in [-0.1, -0.05) is 6.92 Å². The van der Waals surface area contributed by atoms with E-state index in [1.165, 1.54) is 11.3 Å². The van der Waals surface area contributed by atoms with Crippen LogP contribution in [0, 0.1) is 0 Å². The Morgan fingerprint density at radius 3 is 2.88 bits per heavy atom. The molecule has 0 amide bonds. The summed E-state index contributed by atoms with van der Waals surface area (Å²) >= 11 is 4.85. The molecule has 17 heavy (non-hydrogen) atoms. The van der Waals surface area contributed by atoms with Crippen molar-refractivity contribution in [2.24, 2.45) is 0 Å². The first kappa shape index (κ1) is 12.3. The third-order valence-corrected chi connectivity index (χ3v) is 3.88. The molecule has 2 aromatic heterocycles. The molecular formula is C11H11BrN2O2S. The molecule has 0 spiro atoms. The molecule has 0 atom stereocenters. The minimum atomic E-state index is -0.938. The molecule has 2 rings (SSSR count). The smallest absolute Gasteiger partial charge is 0.339 e. The van der Waals surface area contributed by atoms with E-state index in [1.54, 1.807) is 10.9 Å². The Morgan fingerprint density at radius 1 is 1.59 bits per heavy atom. The van der Waals surface area contributed by atoms with Crippen molar-refractivity contribution in [2.75, 3.05) is 0 Å². The van der Waals surface area contributed by atoms with Gasteiger partial charge in [0.1, 0.15) is 11.3 Å². The predicted octanol–water partition coefficient (Wildman–Crippen LogP) is 3.48. The summed E-state index contributed by atoms with van der Waals surface area (Å²) in [5, 5.41) is 13.5. The van der Waals surface area contributed by atoms with Gasteiger partial charge in [0.15, 0.2) is 0 Å². The van der Waals surface area contributed by atoms with E-state index in [1.807, 2.05) is 19.1 Å². The van der Waals surface area contributed by atoms with Crippen molar-refractivity contribution in [1.82, 2.24) is 9.78 Å². The average Bonchev–Trinajstić information content (AvgIpc) is 2.84. The van der Waals surface area contributed by atoms with Gasteiger partial charge in [0.25, 0.3) is 0 Å². The zero-order chi connectivity index (χ0) is 12.4. The second-order valence-electron chi connectivity index (χ2n) is 3.56. The molecule has 0 bridgehead atoms. The molecule has 0 saturated carbocycles. The van der Waals surface area contributed by atoms with Gasteiger partial charge in [0.05, 0.1) is 8.66 Å². The van der Waals surface area contributed by atoms with Gasteiger partial charge in [-0.25, -0.2) is 4.79 Å². The van der Waals surface area contributed by atoms with Crippen LogP contribution in [0.3, 0.4) is 0 Å². The maximum absolute atomic E-state index is 11.2. The van der Waals surface area contributed by atoms with Crippen LogP contribution in [0.1, 0.15) is 23.7 Å². The molecule has 0 aromatic carbocycles. The zero-order valence-electron chi connectivity index (χ0n) is 9.18. The minimum absolute atomic E-state index is 0.257. The van der Waals surface area contributed by atoms with Gasteiger partial charge in [-0.2, -0.15) is 5.10 Å². The molecule has 0 saturated heterocycles. The first-order valence-electron chi connectivity index (χ1n) is 5.18. The molecule has 0 aliphatic heterocycles. The number of aromatic nitrogens is 2. The second-order valence-corrected chi connectivity index (χ2v) is 6.03. The maximum Gasteiger partial charge on any atom is 0.339 e. The number of halogens is 1. The monoisotopic (exact) mass is 314 g/mol. The fourth-order valence-electron chi connectivity index (χ4n) is 1.55. The SMILES string of the molecule is CCCn1cc(C(=O)O)c(-c2ccc(Br)s2)n1. The van der Waals surface area contributed by atoms with Crippen LogP contribution >= 0.6 is 27.3 Å². The largest absolute Gasteiger partial charge is 0.478 e. The summed E-state index contributed by atoms with van der Waals surface area (Å²) in [6.45, 7) is 2.76. The summed E-state index contributed by atoms with van der Waals surface area (Å²) in [6, 6.07) is 3.77. The van der Waals surface area contributed by atoms with E-state index in [2.05, 4.69) is 21.0 Å². The molecule has 90 valence electrons. The molecule has 0 fully saturated rings. The van der Waals surface area contributed by atoms with E-state index in [0.29, 0.717) is 5.69 Å². The Labute approximate surface area is 111 Å². The zero-order valence-corrected chi connectivity index (χ0v) is 11.6. The summed E-state index contributed by atoms with van der Waals surface area (Å²) in [5.74, 6) is -0.938. The number of rotatable bonds is 4. The van der Waals surface area contributed by atoms with E-state index >= 15 is 0 Å². The second kappa shape index (κ2) is 5.01. The Morgan fingerprint density at radius 2 is 2.35 bits per heavy atom. The van der Waals surface area contributed by atoms with E-state index in [9.17, 15) is 4.79 Å². The lowest BCUT2D eigenvalue weighted by Crippen LogP contribution is -1.97. The van der Waals surface area contributed by atoms with E-state index in [4.69, 9.17) is 5.11 Å². The Hall–Kier alpha value is -1.14. The molecule has 0 aliphatic rings. The number of aryl methyl sites for hydroxylation is 1. The van der Waals surface area contributed by atoms with Crippen molar-refractivity contribution in [3.8, 4) is 10.6 Å². The highest BCUT2D eigenvalue weighted by atomic mass is 79.9. The van der Waals surface area contributed by atoms with Crippen molar-refractivity contribution in [3.05, 3.63) is 27.7 Å². The molecule has 1 N–H and O–H groups in total. The molecule has 2 heterocycles. The van der Waals surface area contributed by atoms with Crippen LogP contribution in [0.5, 0.6) is 0 Å². The lowest BCUT2D eigenvalue weighted by Gasteiger charge is -1.95. The summed E-state index contributed by atoms with van der Waals surface area (Å²) in [4.78, 5) is 12.0. The third kappa shape index (κ3) is 2.58. The number of thiophene rings is 1. The maximum atomic E-state index is 11.2. The number of nitrogens with zero attached hydrogens (tertiary/aromatic N) is 2. The first-order chi connectivity index (χ1) is 8.11. The van der Waals surface area contributed by atoms with E-state index < -0.39 is 5.97 Å². The Bertz CT molecular complexity index is 547. The number of aromatic carboxylic acids is 1. The first-order valence-corrected chi connectivity index (χ1v) is 6.79. The van der Waals surface area contributed by atoms with Gasteiger partial charge in [-0.15, -0.1) is 11.3 Å². The summed E-state index contributed by atoms with van der Waals surface area (Å²) in [7, 11) is 0. The molecule has 2 aromatic rings. The minimum Gasteiger partial charge on any atom is -0.478 e. The molecule has 0 unspecified atom stereocenters. The van der Waals surface area contributed by atoms with Gasteiger partial charge < -0.3 is 5.11 Å². The molecule has 4 nitrogen and oxygen atoms in total. The Kier molecular flexibility index (Phi) is 3.63. The van der Waals surface area contributed by atoms with Gasteiger partial charge >= 0.3 is 5.97 Å². The van der Waals surface area contributed by atoms with Crippen molar-refractivity contribution in [1.29, 1.82) is 0 Å². The van der Waals surface area contributed by atoms with Crippen LogP contribution in [0.4, 0.5) is 0 Å².